The monoisotopic (exact) mass is 432 g/mol. The minimum atomic E-state index is -0.521. The molecule has 3 aromatic carbocycles. The first-order valence-corrected chi connectivity index (χ1v) is 10.2. The summed E-state index contributed by atoms with van der Waals surface area (Å²) in [5, 5.41) is 0.902. The van der Waals surface area contributed by atoms with Gasteiger partial charge in [-0.15, -0.1) is 0 Å². The third-order valence-corrected chi connectivity index (χ3v) is 5.53. The first-order valence-electron chi connectivity index (χ1n) is 10.2. The highest BCUT2D eigenvalue weighted by molar-refractivity contribution is 5.94. The van der Waals surface area contributed by atoms with Gasteiger partial charge in [0.1, 0.15) is 11.6 Å². The summed E-state index contributed by atoms with van der Waals surface area (Å²) < 4.78 is 27.1. The van der Waals surface area contributed by atoms with Crippen LogP contribution in [0.4, 0.5) is 8.78 Å². The molecule has 0 unspecified atom stereocenters. The predicted octanol–water partition coefficient (Wildman–Crippen LogP) is 5.27. The zero-order valence-electron chi connectivity index (χ0n) is 17.8. The summed E-state index contributed by atoms with van der Waals surface area (Å²) in [6, 6.07) is 16.9. The fraction of sp³-hybridized carbons (Fsp3) is 0.154. The molecule has 0 fully saturated rings. The second kappa shape index (κ2) is 8.75. The number of H-pyrrole nitrogens is 1. The van der Waals surface area contributed by atoms with E-state index in [0.717, 1.165) is 28.1 Å². The highest BCUT2D eigenvalue weighted by Gasteiger charge is 2.19. The van der Waals surface area contributed by atoms with Crippen LogP contribution in [0.3, 0.4) is 0 Å². The average molecular weight is 432 g/mol. The number of pyridine rings is 1. The van der Waals surface area contributed by atoms with Gasteiger partial charge in [0.05, 0.1) is 12.1 Å². The van der Waals surface area contributed by atoms with Crippen LogP contribution in [0, 0.1) is 25.5 Å². The van der Waals surface area contributed by atoms with Crippen molar-refractivity contribution in [1.29, 1.82) is 0 Å². The van der Waals surface area contributed by atoms with Gasteiger partial charge in [0, 0.05) is 23.1 Å². The maximum Gasteiger partial charge on any atom is 0.254 e. The molecule has 0 atom stereocenters. The fourth-order valence-corrected chi connectivity index (χ4v) is 3.76. The van der Waals surface area contributed by atoms with E-state index in [1.807, 2.05) is 26.0 Å². The lowest BCUT2D eigenvalue weighted by Gasteiger charge is -2.23. The highest BCUT2D eigenvalue weighted by Crippen LogP contribution is 2.21. The van der Waals surface area contributed by atoms with Crippen LogP contribution in [0.1, 0.15) is 32.6 Å². The number of hydrogen-bond acceptors (Lipinski definition) is 2. The van der Waals surface area contributed by atoms with Crippen molar-refractivity contribution in [2.24, 2.45) is 0 Å². The molecule has 1 heterocycles. The number of hydrogen-bond donors (Lipinski definition) is 1. The van der Waals surface area contributed by atoms with Crippen molar-refractivity contribution in [3.05, 3.63) is 117 Å². The Balaban J connectivity index is 1.75. The number of aromatic nitrogens is 1. The molecule has 0 bridgehead atoms. The maximum absolute atomic E-state index is 13.7. The van der Waals surface area contributed by atoms with E-state index in [2.05, 4.69) is 4.98 Å². The van der Waals surface area contributed by atoms with Gasteiger partial charge >= 0.3 is 0 Å². The number of carbonyl (C=O) groups is 1. The lowest BCUT2D eigenvalue weighted by molar-refractivity contribution is 0.0729. The molecule has 0 aliphatic rings. The zero-order chi connectivity index (χ0) is 22.8. The fourth-order valence-electron chi connectivity index (χ4n) is 3.76. The lowest BCUT2D eigenvalue weighted by Crippen LogP contribution is -2.32. The normalized spacial score (nSPS) is 11.0. The van der Waals surface area contributed by atoms with Crippen molar-refractivity contribution in [2.45, 2.75) is 26.9 Å². The summed E-state index contributed by atoms with van der Waals surface area (Å²) >= 11 is 0. The highest BCUT2D eigenvalue weighted by atomic mass is 19.1. The Labute approximate surface area is 184 Å². The molecule has 0 saturated heterocycles. The van der Waals surface area contributed by atoms with Gasteiger partial charge in [-0.25, -0.2) is 8.78 Å². The topological polar surface area (TPSA) is 53.2 Å². The Morgan fingerprint density at radius 1 is 0.875 bits per heavy atom. The molecule has 4 aromatic rings. The van der Waals surface area contributed by atoms with Crippen molar-refractivity contribution in [3.8, 4) is 0 Å². The SMILES string of the molecule is Cc1ccc(C)c2[nH]c(=O)c(CN(Cc3ccc(F)cc3)C(=O)c3cccc(F)c3)cc12. The first kappa shape index (κ1) is 21.4. The molecule has 0 aliphatic carbocycles. The molecule has 1 N–H and O–H groups in total. The van der Waals surface area contributed by atoms with Crippen LogP contribution in [0.2, 0.25) is 0 Å². The lowest BCUT2D eigenvalue weighted by atomic mass is 10.0. The minimum absolute atomic E-state index is 0.0192. The molecule has 0 radical (unpaired) electrons. The summed E-state index contributed by atoms with van der Waals surface area (Å²) in [6.07, 6.45) is 0. The summed E-state index contributed by atoms with van der Waals surface area (Å²) in [5.41, 5.74) is 3.72. The van der Waals surface area contributed by atoms with E-state index < -0.39 is 11.7 Å². The van der Waals surface area contributed by atoms with Crippen LogP contribution >= 0.6 is 0 Å². The van der Waals surface area contributed by atoms with Crippen molar-refractivity contribution in [2.75, 3.05) is 0 Å². The number of nitrogens with one attached hydrogen (secondary N) is 1. The van der Waals surface area contributed by atoms with E-state index in [4.69, 9.17) is 0 Å². The molecule has 4 rings (SSSR count). The molecule has 4 nitrogen and oxygen atoms in total. The number of benzene rings is 3. The molecule has 0 aliphatic heterocycles. The average Bonchev–Trinajstić information content (AvgIpc) is 2.77. The Morgan fingerprint density at radius 2 is 1.59 bits per heavy atom. The summed E-state index contributed by atoms with van der Waals surface area (Å²) in [5.74, 6) is -1.32. The Bertz CT molecular complexity index is 1360. The van der Waals surface area contributed by atoms with Gasteiger partial charge in [0.25, 0.3) is 11.5 Å². The molecule has 1 amide bonds. The Morgan fingerprint density at radius 3 is 2.31 bits per heavy atom. The molecule has 6 heteroatoms. The molecule has 0 spiro atoms. The van der Waals surface area contributed by atoms with Crippen LogP contribution in [0.5, 0.6) is 0 Å². The van der Waals surface area contributed by atoms with Gasteiger partial charge < -0.3 is 9.88 Å². The molecule has 32 heavy (non-hydrogen) atoms. The van der Waals surface area contributed by atoms with Gasteiger partial charge in [-0.05, 0) is 66.9 Å². The van der Waals surface area contributed by atoms with E-state index in [1.165, 1.54) is 35.2 Å². The third-order valence-electron chi connectivity index (χ3n) is 5.53. The number of nitrogens with zero attached hydrogens (tertiary/aromatic N) is 1. The predicted molar refractivity (Wildman–Crippen MR) is 120 cm³/mol. The van der Waals surface area contributed by atoms with Crippen molar-refractivity contribution in [1.82, 2.24) is 9.88 Å². The van der Waals surface area contributed by atoms with Crippen LogP contribution in [-0.4, -0.2) is 15.8 Å². The van der Waals surface area contributed by atoms with Crippen LogP contribution < -0.4 is 5.56 Å². The van der Waals surface area contributed by atoms with E-state index >= 15 is 0 Å². The number of amides is 1. The smallest absolute Gasteiger partial charge is 0.254 e. The van der Waals surface area contributed by atoms with Crippen LogP contribution in [-0.2, 0) is 13.1 Å². The van der Waals surface area contributed by atoms with E-state index in [0.29, 0.717) is 11.1 Å². The van der Waals surface area contributed by atoms with Gasteiger partial charge in [0.2, 0.25) is 0 Å². The maximum atomic E-state index is 13.7. The molecule has 0 saturated carbocycles. The Hall–Kier alpha value is -3.80. The molecular weight excluding hydrogens is 410 g/mol. The summed E-state index contributed by atoms with van der Waals surface area (Å²) in [4.78, 5) is 30.5. The third kappa shape index (κ3) is 4.44. The van der Waals surface area contributed by atoms with Gasteiger partial charge in [0.15, 0.2) is 0 Å². The van der Waals surface area contributed by atoms with Gasteiger partial charge in [-0.3, -0.25) is 9.59 Å². The van der Waals surface area contributed by atoms with E-state index in [9.17, 15) is 18.4 Å². The largest absolute Gasteiger partial charge is 0.330 e. The van der Waals surface area contributed by atoms with E-state index in [1.54, 1.807) is 18.2 Å². The summed E-state index contributed by atoms with van der Waals surface area (Å²) in [6.45, 7) is 4.04. The van der Waals surface area contributed by atoms with Crippen molar-refractivity contribution >= 4 is 16.8 Å². The van der Waals surface area contributed by atoms with Gasteiger partial charge in [-0.1, -0.05) is 30.3 Å². The molecular formula is C26H22F2N2O2. The van der Waals surface area contributed by atoms with Crippen molar-refractivity contribution in [3.63, 3.8) is 0 Å². The molecule has 1 aromatic heterocycles. The number of aromatic amines is 1. The molecule has 162 valence electrons. The number of halogens is 2. The van der Waals surface area contributed by atoms with Crippen LogP contribution in [0.15, 0.2) is 71.5 Å². The Kier molecular flexibility index (Phi) is 5.86. The standard InChI is InChI=1S/C26H22F2N2O2/c1-16-6-7-17(2)24-23(16)13-20(25(31)29-24)15-30(14-18-8-10-21(27)11-9-18)26(32)19-4-3-5-22(28)12-19/h3-13H,14-15H2,1-2H3,(H,29,31). The second-order valence-corrected chi connectivity index (χ2v) is 7.91. The number of carbonyl (C=O) groups excluding carboxylic acids is 1. The zero-order valence-corrected chi connectivity index (χ0v) is 17.8. The summed E-state index contributed by atoms with van der Waals surface area (Å²) in [7, 11) is 0. The minimum Gasteiger partial charge on any atom is -0.330 e. The number of fused-ring (bicyclic) bond motifs is 1. The van der Waals surface area contributed by atoms with E-state index in [-0.39, 0.29) is 30.0 Å². The van der Waals surface area contributed by atoms with Crippen molar-refractivity contribution < 1.29 is 13.6 Å². The number of rotatable bonds is 5. The number of aryl methyl sites for hydroxylation is 2. The van der Waals surface area contributed by atoms with Gasteiger partial charge in [-0.2, -0.15) is 0 Å². The van der Waals surface area contributed by atoms with Crippen LogP contribution in [0.25, 0.3) is 10.9 Å². The second-order valence-electron chi connectivity index (χ2n) is 7.91. The first-order chi connectivity index (χ1) is 15.3. The quantitative estimate of drug-likeness (QED) is 0.467.